The third kappa shape index (κ3) is 3.75. The molecule has 0 heterocycles. The lowest BCUT2D eigenvalue weighted by Crippen LogP contribution is -2.52. The Labute approximate surface area is 187 Å². The van der Waals surface area contributed by atoms with Gasteiger partial charge in [0, 0.05) is 11.8 Å². The largest absolute Gasteiger partial charge is 0.393 e. The number of hydrogen-bond acceptors (Lipinski definition) is 3. The lowest BCUT2D eigenvalue weighted by atomic mass is 9.49. The van der Waals surface area contributed by atoms with Gasteiger partial charge >= 0.3 is 0 Å². The molecule has 31 heavy (non-hydrogen) atoms. The van der Waals surface area contributed by atoms with Gasteiger partial charge in [0.1, 0.15) is 6.17 Å². The van der Waals surface area contributed by atoms with Gasteiger partial charge in [-0.15, -0.1) is 0 Å². The van der Waals surface area contributed by atoms with Crippen molar-refractivity contribution >= 4 is 0 Å². The number of halogens is 1. The van der Waals surface area contributed by atoms with E-state index in [9.17, 15) is 19.7 Å². The van der Waals surface area contributed by atoms with Crippen molar-refractivity contribution in [2.45, 2.75) is 110 Å². The van der Waals surface area contributed by atoms with Crippen molar-refractivity contribution in [3.63, 3.8) is 0 Å². The fourth-order valence-corrected chi connectivity index (χ4v) is 7.99. The molecule has 0 amide bonds. The molecule has 3 nitrogen and oxygen atoms in total. The fourth-order valence-electron chi connectivity index (χ4n) is 7.99. The molecule has 176 valence electrons. The number of hydrogen-bond donors (Lipinski definition) is 3. The summed E-state index contributed by atoms with van der Waals surface area (Å²) in [6.07, 6.45) is 9.43. The van der Waals surface area contributed by atoms with Gasteiger partial charge < -0.3 is 15.3 Å². The Morgan fingerprint density at radius 3 is 2.48 bits per heavy atom. The summed E-state index contributed by atoms with van der Waals surface area (Å²) in [4.78, 5) is 0. The molecule has 4 rings (SSSR count). The Morgan fingerprint density at radius 2 is 1.81 bits per heavy atom. The Balaban J connectivity index is 1.53. The van der Waals surface area contributed by atoms with Crippen molar-refractivity contribution in [2.75, 3.05) is 0 Å². The highest BCUT2D eigenvalue weighted by Crippen LogP contribution is 2.66. The smallest absolute Gasteiger partial charge is 0.128 e. The highest BCUT2D eigenvalue weighted by molar-refractivity contribution is 5.40. The molecular weight excluding hydrogens is 391 g/mol. The van der Waals surface area contributed by atoms with Crippen molar-refractivity contribution in [1.82, 2.24) is 0 Å². The number of aliphatic hydroxyl groups excluding tert-OH is 2. The van der Waals surface area contributed by atoms with Crippen LogP contribution in [0.1, 0.15) is 86.0 Å². The third-order valence-corrected chi connectivity index (χ3v) is 10.1. The van der Waals surface area contributed by atoms with E-state index in [1.807, 2.05) is 0 Å². The van der Waals surface area contributed by atoms with Gasteiger partial charge in [-0.25, -0.2) is 4.39 Å². The second kappa shape index (κ2) is 7.95. The second-order valence-electron chi connectivity index (χ2n) is 12.3. The van der Waals surface area contributed by atoms with Crippen LogP contribution in [-0.2, 0) is 0 Å². The van der Waals surface area contributed by atoms with Crippen LogP contribution in [-0.4, -0.2) is 39.3 Å². The maximum Gasteiger partial charge on any atom is 0.128 e. The van der Waals surface area contributed by atoms with Gasteiger partial charge in [-0.1, -0.05) is 44.1 Å². The summed E-state index contributed by atoms with van der Waals surface area (Å²) in [5, 5.41) is 31.2. The predicted molar refractivity (Wildman–Crippen MR) is 122 cm³/mol. The van der Waals surface area contributed by atoms with E-state index in [1.54, 1.807) is 13.8 Å². The first kappa shape index (κ1) is 23.4. The Hall–Kier alpha value is -0.710. The van der Waals surface area contributed by atoms with E-state index in [4.69, 9.17) is 0 Å². The van der Waals surface area contributed by atoms with E-state index in [-0.39, 0.29) is 10.8 Å². The number of alkyl halides is 1. The van der Waals surface area contributed by atoms with Crippen LogP contribution < -0.4 is 0 Å². The number of rotatable bonds is 5. The lowest BCUT2D eigenvalue weighted by Gasteiger charge is -2.56. The van der Waals surface area contributed by atoms with Crippen molar-refractivity contribution in [3.8, 4) is 0 Å². The van der Waals surface area contributed by atoms with Crippen molar-refractivity contribution < 1.29 is 19.7 Å². The summed E-state index contributed by atoms with van der Waals surface area (Å²) >= 11 is 0. The maximum atomic E-state index is 14.4. The van der Waals surface area contributed by atoms with Crippen LogP contribution in [0, 0.1) is 34.5 Å². The molecule has 0 aliphatic heterocycles. The van der Waals surface area contributed by atoms with Crippen LogP contribution >= 0.6 is 0 Å². The van der Waals surface area contributed by atoms with Crippen LogP contribution in [0.2, 0.25) is 0 Å². The molecule has 4 heteroatoms. The normalized spacial score (nSPS) is 44.5. The molecule has 0 unspecified atom stereocenters. The standard InChI is InChI=1S/C27H43FO3/c1-16(6-11-23(28)25(2,3)31)20-9-10-21-19-8-7-17-14-18(29)15-24(30)27(17,5)22(19)12-13-26(20,21)4/h7-8,16,18,20-24,29-31H,6,9-15H2,1-5H3/t16-,18-,20-,21+,22+,23-,24+,26-,27+/m1/s1. The maximum absolute atomic E-state index is 14.4. The molecule has 0 aromatic carbocycles. The summed E-state index contributed by atoms with van der Waals surface area (Å²) < 4.78 is 14.4. The van der Waals surface area contributed by atoms with Gasteiger partial charge in [-0.05, 0) is 87.9 Å². The van der Waals surface area contributed by atoms with E-state index in [2.05, 4.69) is 32.9 Å². The topological polar surface area (TPSA) is 60.7 Å². The van der Waals surface area contributed by atoms with Gasteiger partial charge in [-0.3, -0.25) is 0 Å². The average molecular weight is 435 g/mol. The minimum Gasteiger partial charge on any atom is -0.393 e. The second-order valence-corrected chi connectivity index (χ2v) is 12.3. The molecule has 0 spiro atoms. The van der Waals surface area contributed by atoms with Crippen LogP contribution in [0.15, 0.2) is 23.3 Å². The van der Waals surface area contributed by atoms with E-state index in [0.29, 0.717) is 42.9 Å². The number of fused-ring (bicyclic) bond motifs is 5. The average Bonchev–Trinajstić information content (AvgIpc) is 3.03. The molecular formula is C27H43FO3. The fraction of sp³-hybridized carbons (Fsp3) is 0.852. The lowest BCUT2D eigenvalue weighted by molar-refractivity contribution is -0.0549. The van der Waals surface area contributed by atoms with E-state index in [1.165, 1.54) is 24.0 Å². The summed E-state index contributed by atoms with van der Waals surface area (Å²) in [7, 11) is 0. The Morgan fingerprint density at radius 1 is 1.10 bits per heavy atom. The molecule has 4 aliphatic carbocycles. The van der Waals surface area contributed by atoms with Gasteiger partial charge in [0.25, 0.3) is 0 Å². The Kier molecular flexibility index (Phi) is 6.02. The molecule has 3 N–H and O–H groups in total. The molecule has 3 saturated carbocycles. The van der Waals surface area contributed by atoms with Crippen LogP contribution in [0.25, 0.3) is 0 Å². The summed E-state index contributed by atoms with van der Waals surface area (Å²) in [6, 6.07) is 0. The van der Waals surface area contributed by atoms with Crippen molar-refractivity contribution in [2.24, 2.45) is 34.5 Å². The minimum absolute atomic E-state index is 0.225. The molecule has 0 saturated heterocycles. The molecule has 4 aliphatic rings. The summed E-state index contributed by atoms with van der Waals surface area (Å²) in [6.45, 7) is 10.1. The SMILES string of the molecule is C[C@H](CC[C@@H](F)C(C)(C)O)[C@H]1CC[C@H]2C3=CC=C4C[C@@H](O)C[C@H](O)[C@]4(C)[C@H]3CC[C@]12C. The highest BCUT2D eigenvalue weighted by Gasteiger charge is 2.58. The molecule has 0 aromatic rings. The Bertz CT molecular complexity index is 752. The predicted octanol–water partition coefficient (Wildman–Crippen LogP) is 5.34. The monoisotopic (exact) mass is 434 g/mol. The zero-order valence-corrected chi connectivity index (χ0v) is 20.1. The first-order valence-corrected chi connectivity index (χ1v) is 12.5. The molecule has 3 fully saturated rings. The summed E-state index contributed by atoms with van der Waals surface area (Å²) in [5.41, 5.74) is 1.46. The third-order valence-electron chi connectivity index (χ3n) is 10.1. The quantitative estimate of drug-likeness (QED) is 0.547. The molecule has 0 radical (unpaired) electrons. The van der Waals surface area contributed by atoms with E-state index < -0.39 is 24.0 Å². The number of aliphatic hydroxyl groups is 3. The number of allylic oxidation sites excluding steroid dienone is 3. The van der Waals surface area contributed by atoms with Gasteiger partial charge in [0.15, 0.2) is 0 Å². The van der Waals surface area contributed by atoms with Crippen molar-refractivity contribution in [3.05, 3.63) is 23.3 Å². The van der Waals surface area contributed by atoms with Gasteiger partial charge in [0.05, 0.1) is 17.8 Å². The zero-order valence-electron chi connectivity index (χ0n) is 20.1. The summed E-state index contributed by atoms with van der Waals surface area (Å²) in [5.74, 6) is 1.91. The van der Waals surface area contributed by atoms with E-state index in [0.717, 1.165) is 19.3 Å². The highest BCUT2D eigenvalue weighted by atomic mass is 19.1. The molecule has 9 atom stereocenters. The first-order valence-electron chi connectivity index (χ1n) is 12.5. The van der Waals surface area contributed by atoms with E-state index >= 15 is 0 Å². The molecule has 0 bridgehead atoms. The molecule has 0 aromatic heterocycles. The zero-order chi connectivity index (χ0) is 22.8. The first-order chi connectivity index (χ1) is 14.4. The van der Waals surface area contributed by atoms with Gasteiger partial charge in [-0.2, -0.15) is 0 Å². The van der Waals surface area contributed by atoms with Gasteiger partial charge in [0.2, 0.25) is 0 Å². The van der Waals surface area contributed by atoms with Crippen LogP contribution in [0.5, 0.6) is 0 Å². The minimum atomic E-state index is -1.26. The van der Waals surface area contributed by atoms with Crippen LogP contribution in [0.3, 0.4) is 0 Å². The van der Waals surface area contributed by atoms with Crippen LogP contribution in [0.4, 0.5) is 4.39 Å². The van der Waals surface area contributed by atoms with Crippen molar-refractivity contribution in [1.29, 1.82) is 0 Å².